The molecule has 2 N–H and O–H groups in total. The quantitative estimate of drug-likeness (QED) is 0.415. The van der Waals surface area contributed by atoms with Crippen molar-refractivity contribution in [2.45, 2.75) is 44.4 Å². The summed E-state index contributed by atoms with van der Waals surface area (Å²) in [6, 6.07) is 3.76. The van der Waals surface area contributed by atoms with Crippen LogP contribution in [-0.4, -0.2) is 44.6 Å². The first-order valence-corrected chi connectivity index (χ1v) is 12.1. The summed E-state index contributed by atoms with van der Waals surface area (Å²) in [7, 11) is 0. The predicted octanol–water partition coefficient (Wildman–Crippen LogP) is 4.17. The monoisotopic (exact) mass is 483 g/mol. The molecule has 9 heteroatoms. The number of aromatic nitrogens is 3. The molecule has 171 valence electrons. The summed E-state index contributed by atoms with van der Waals surface area (Å²) in [5.41, 5.74) is 3.47. The van der Waals surface area contributed by atoms with Gasteiger partial charge in [-0.05, 0) is 67.9 Å². The lowest BCUT2D eigenvalue weighted by Crippen LogP contribution is -2.20. The molecule has 1 aliphatic carbocycles. The average molecular weight is 484 g/mol. The van der Waals surface area contributed by atoms with Gasteiger partial charge in [0.05, 0.1) is 23.2 Å². The lowest BCUT2D eigenvalue weighted by atomic mass is 9.94. The van der Waals surface area contributed by atoms with E-state index in [9.17, 15) is 9.90 Å². The number of carbonyl (C=O) groups excluding carboxylic acids is 1. The molecule has 0 amide bonds. The first kappa shape index (κ1) is 22.4. The van der Waals surface area contributed by atoms with E-state index in [4.69, 9.17) is 16.3 Å². The Bertz CT molecular complexity index is 1190. The molecule has 0 aromatic carbocycles. The third-order valence-corrected chi connectivity index (χ3v) is 7.62. The van der Waals surface area contributed by atoms with Crippen LogP contribution in [0.5, 0.6) is 0 Å². The van der Waals surface area contributed by atoms with Crippen LogP contribution in [0.3, 0.4) is 0 Å². The van der Waals surface area contributed by atoms with Crippen molar-refractivity contribution >= 4 is 34.5 Å². The Morgan fingerprint density at radius 1 is 1.27 bits per heavy atom. The van der Waals surface area contributed by atoms with Crippen molar-refractivity contribution in [2.75, 3.05) is 11.9 Å². The van der Waals surface area contributed by atoms with Crippen LogP contribution in [0.25, 0.3) is 0 Å². The van der Waals surface area contributed by atoms with Gasteiger partial charge in [-0.1, -0.05) is 11.6 Å². The van der Waals surface area contributed by atoms with Crippen LogP contribution in [-0.2, 0) is 11.2 Å². The summed E-state index contributed by atoms with van der Waals surface area (Å²) in [6.45, 7) is 6.56. The molecule has 5 rings (SSSR count). The molecule has 3 aromatic heterocycles. The van der Waals surface area contributed by atoms with Gasteiger partial charge in [0.2, 0.25) is 5.78 Å². The van der Waals surface area contributed by atoms with Crippen molar-refractivity contribution in [2.24, 2.45) is 5.92 Å². The number of anilines is 1. The summed E-state index contributed by atoms with van der Waals surface area (Å²) in [4.78, 5) is 27.7. The van der Waals surface area contributed by atoms with Crippen LogP contribution in [0, 0.1) is 19.8 Å². The average Bonchev–Trinajstić information content (AvgIpc) is 3.34. The van der Waals surface area contributed by atoms with Gasteiger partial charge in [-0.3, -0.25) is 4.79 Å². The predicted molar refractivity (Wildman–Crippen MR) is 127 cm³/mol. The molecule has 0 bridgehead atoms. The molecule has 3 aromatic rings. The van der Waals surface area contributed by atoms with E-state index in [0.717, 1.165) is 34.4 Å². The third-order valence-electron chi connectivity index (χ3n) is 6.35. The van der Waals surface area contributed by atoms with Gasteiger partial charge in [-0.2, -0.15) is 0 Å². The standard InChI is InChI=1S/C24H24ClN4O3S/c1-12-5-15(6-19(12)30)29-24-18(10-26-11-28-24)22(31)20-7-16(13(2)33-20)23-17-8-21(25)27-9-14(17)3-4-32-23/h7-12,15,19,23,30H,1,3-6H2,2H3,(H,26,28,29)/t12-,15-,19+,23+/m1/s1. The zero-order valence-corrected chi connectivity index (χ0v) is 19.7. The Morgan fingerprint density at radius 3 is 2.91 bits per heavy atom. The van der Waals surface area contributed by atoms with Gasteiger partial charge >= 0.3 is 0 Å². The number of hydrogen-bond acceptors (Lipinski definition) is 8. The van der Waals surface area contributed by atoms with Gasteiger partial charge in [0.15, 0.2) is 0 Å². The van der Waals surface area contributed by atoms with E-state index in [-0.39, 0.29) is 23.8 Å². The number of halogens is 1. The maximum absolute atomic E-state index is 13.5. The maximum atomic E-state index is 13.5. The van der Waals surface area contributed by atoms with E-state index in [1.54, 1.807) is 6.20 Å². The molecule has 2 aliphatic rings. The van der Waals surface area contributed by atoms with E-state index < -0.39 is 6.10 Å². The van der Waals surface area contributed by atoms with Crippen molar-refractivity contribution in [3.05, 3.63) is 74.9 Å². The minimum absolute atomic E-state index is 0.00933. The minimum Gasteiger partial charge on any atom is -0.393 e. The highest BCUT2D eigenvalue weighted by atomic mass is 35.5. The summed E-state index contributed by atoms with van der Waals surface area (Å²) in [6.07, 6.45) is 6.10. The molecule has 0 saturated heterocycles. The molecule has 4 heterocycles. The third kappa shape index (κ3) is 4.40. The highest BCUT2D eigenvalue weighted by molar-refractivity contribution is 7.14. The molecule has 7 nitrogen and oxygen atoms in total. The smallest absolute Gasteiger partial charge is 0.208 e. The van der Waals surface area contributed by atoms with Gasteiger partial charge in [0, 0.05) is 23.3 Å². The SMILES string of the molecule is [CH2][C@@H]1C[C@@H](Nc2ncncc2C(=O)c2cc([C@@H]3OCCc4cnc(Cl)cc43)c(C)s2)C[C@@H]1O. The second-order valence-electron chi connectivity index (χ2n) is 8.58. The summed E-state index contributed by atoms with van der Waals surface area (Å²) in [5, 5.41) is 13.8. The topological polar surface area (TPSA) is 97.2 Å². The lowest BCUT2D eigenvalue weighted by molar-refractivity contribution is 0.0695. The normalized spacial score (nSPS) is 24.5. The number of fused-ring (bicyclic) bond motifs is 1. The molecule has 4 atom stereocenters. The fourth-order valence-corrected chi connectivity index (χ4v) is 5.75. The summed E-state index contributed by atoms with van der Waals surface area (Å²) < 4.78 is 6.10. The Labute approximate surface area is 201 Å². The molecule has 1 aliphatic heterocycles. The molecular weight excluding hydrogens is 460 g/mol. The Kier molecular flexibility index (Phi) is 6.18. The molecular formula is C24H24ClN4O3S. The highest BCUT2D eigenvalue weighted by Crippen LogP contribution is 2.39. The molecule has 0 spiro atoms. The minimum atomic E-state index is -0.451. The van der Waals surface area contributed by atoms with Gasteiger partial charge in [-0.25, -0.2) is 15.0 Å². The Hall–Kier alpha value is -2.39. The van der Waals surface area contributed by atoms with Crippen molar-refractivity contribution in [1.82, 2.24) is 15.0 Å². The van der Waals surface area contributed by atoms with Crippen LogP contribution < -0.4 is 5.32 Å². The van der Waals surface area contributed by atoms with Gasteiger partial charge < -0.3 is 15.2 Å². The van der Waals surface area contributed by atoms with E-state index >= 15 is 0 Å². The molecule has 1 saturated carbocycles. The molecule has 0 unspecified atom stereocenters. The van der Waals surface area contributed by atoms with Crippen molar-refractivity contribution in [1.29, 1.82) is 0 Å². The second kappa shape index (κ2) is 9.10. The van der Waals surface area contributed by atoms with Crippen LogP contribution in [0.4, 0.5) is 5.82 Å². The van der Waals surface area contributed by atoms with Gasteiger partial charge in [0.1, 0.15) is 23.4 Å². The van der Waals surface area contributed by atoms with Crippen LogP contribution in [0.1, 0.15) is 55.7 Å². The lowest BCUT2D eigenvalue weighted by Gasteiger charge is -2.26. The molecule has 33 heavy (non-hydrogen) atoms. The van der Waals surface area contributed by atoms with Crippen LogP contribution in [0.2, 0.25) is 5.15 Å². The molecule has 1 radical (unpaired) electrons. The first-order valence-electron chi connectivity index (χ1n) is 10.9. The fourth-order valence-electron chi connectivity index (χ4n) is 4.59. The van der Waals surface area contributed by atoms with Crippen molar-refractivity contribution in [3.8, 4) is 0 Å². The van der Waals surface area contributed by atoms with Crippen LogP contribution >= 0.6 is 22.9 Å². The van der Waals surface area contributed by atoms with Gasteiger partial charge in [-0.15, -0.1) is 11.3 Å². The maximum Gasteiger partial charge on any atom is 0.208 e. The van der Waals surface area contributed by atoms with Crippen molar-refractivity contribution < 1.29 is 14.6 Å². The van der Waals surface area contributed by atoms with Crippen molar-refractivity contribution in [3.63, 3.8) is 0 Å². The number of ketones is 1. The number of pyridine rings is 1. The van der Waals surface area contributed by atoms with Crippen LogP contribution in [0.15, 0.2) is 30.9 Å². The number of carbonyl (C=O) groups is 1. The Balaban J connectivity index is 1.43. The van der Waals surface area contributed by atoms with E-state index in [1.807, 2.05) is 19.1 Å². The molecule has 1 fully saturated rings. The zero-order valence-electron chi connectivity index (χ0n) is 18.1. The fraction of sp³-hybridized carbons (Fsp3) is 0.375. The number of aryl methyl sites for hydroxylation is 1. The summed E-state index contributed by atoms with van der Waals surface area (Å²) in [5.74, 6) is 0.296. The number of ether oxygens (including phenoxy) is 1. The number of aliphatic hydroxyl groups is 1. The number of rotatable bonds is 5. The number of nitrogens with one attached hydrogen (secondary N) is 1. The second-order valence-corrected chi connectivity index (χ2v) is 10.2. The number of aliphatic hydroxyl groups excluding tert-OH is 1. The van der Waals surface area contributed by atoms with E-state index in [2.05, 4.69) is 27.2 Å². The van der Waals surface area contributed by atoms with E-state index in [1.165, 1.54) is 23.9 Å². The zero-order chi connectivity index (χ0) is 23.1. The number of thiophene rings is 1. The van der Waals surface area contributed by atoms with Gasteiger partial charge in [0.25, 0.3) is 0 Å². The first-order chi connectivity index (χ1) is 15.9. The number of nitrogens with zero attached hydrogens (tertiary/aromatic N) is 3. The Morgan fingerprint density at radius 2 is 2.12 bits per heavy atom. The number of hydrogen-bond donors (Lipinski definition) is 2. The summed E-state index contributed by atoms with van der Waals surface area (Å²) >= 11 is 7.58. The largest absolute Gasteiger partial charge is 0.393 e. The highest BCUT2D eigenvalue weighted by Gasteiger charge is 2.32. The van der Waals surface area contributed by atoms with E-state index in [0.29, 0.717) is 34.4 Å².